The first-order chi connectivity index (χ1) is 8.02. The van der Waals surface area contributed by atoms with Crippen molar-refractivity contribution in [3.05, 3.63) is 36.2 Å². The fourth-order valence-corrected chi connectivity index (χ4v) is 1.29. The van der Waals surface area contributed by atoms with Gasteiger partial charge in [0.05, 0.1) is 11.4 Å². The van der Waals surface area contributed by atoms with Gasteiger partial charge in [-0.1, -0.05) is 12.1 Å². The van der Waals surface area contributed by atoms with Crippen LogP contribution >= 0.6 is 0 Å². The van der Waals surface area contributed by atoms with Crippen molar-refractivity contribution >= 4 is 17.3 Å². The van der Waals surface area contributed by atoms with Crippen molar-refractivity contribution in [2.24, 2.45) is 0 Å². The van der Waals surface area contributed by atoms with Gasteiger partial charge in [0.25, 0.3) is 5.91 Å². The molecular weight excluding hydrogens is 190 g/mol. The number of benzene rings is 1. The minimum atomic E-state index is -0.299. The number of fused-ring (bicyclic) bond motifs is 1. The topological polar surface area (TPSA) is 44.4 Å². The SMILES string of the molecule is [2H]N1C=C(C(=O)N(C)C)N([2H])c2ccccc21. The Morgan fingerprint density at radius 1 is 1.33 bits per heavy atom. The van der Waals surface area contributed by atoms with Gasteiger partial charge in [-0.15, -0.1) is 0 Å². The van der Waals surface area contributed by atoms with Crippen molar-refractivity contribution in [3.63, 3.8) is 0 Å². The summed E-state index contributed by atoms with van der Waals surface area (Å²) in [5.74, 6) is -0.299. The third-order valence-electron chi connectivity index (χ3n) is 2.07. The Hall–Kier alpha value is -1.97. The molecule has 0 bridgehead atoms. The molecule has 4 nitrogen and oxygen atoms in total. The molecule has 2 rings (SSSR count). The molecule has 0 aromatic heterocycles. The lowest BCUT2D eigenvalue weighted by Crippen LogP contribution is -2.29. The van der Waals surface area contributed by atoms with Crippen molar-refractivity contribution in [1.29, 1.82) is 0 Å². The van der Waals surface area contributed by atoms with E-state index in [1.54, 1.807) is 38.4 Å². The molecule has 15 heavy (non-hydrogen) atoms. The van der Waals surface area contributed by atoms with Crippen LogP contribution in [-0.4, -0.2) is 24.9 Å². The van der Waals surface area contributed by atoms with Crippen LogP contribution < -0.4 is 10.6 Å². The molecule has 0 unspecified atom stereocenters. The Labute approximate surface area is 91.5 Å². The Morgan fingerprint density at radius 3 is 2.67 bits per heavy atom. The zero-order valence-corrected chi connectivity index (χ0v) is 8.64. The van der Waals surface area contributed by atoms with Gasteiger partial charge in [-0.2, -0.15) is 0 Å². The number of anilines is 2. The highest BCUT2D eigenvalue weighted by Gasteiger charge is 2.16. The largest absolute Gasteiger partial charge is 0.358 e. The van der Waals surface area contributed by atoms with Crippen LogP contribution in [0.3, 0.4) is 0 Å². The van der Waals surface area contributed by atoms with Gasteiger partial charge < -0.3 is 15.5 Å². The van der Waals surface area contributed by atoms with E-state index in [1.807, 2.05) is 0 Å². The molecule has 1 amide bonds. The second-order valence-corrected chi connectivity index (χ2v) is 3.44. The molecule has 1 aliphatic heterocycles. The summed E-state index contributed by atoms with van der Waals surface area (Å²) in [5.41, 5.74) is 1.26. The molecule has 1 aromatic rings. The summed E-state index contributed by atoms with van der Waals surface area (Å²) in [6, 6.07) is 7.01. The smallest absolute Gasteiger partial charge is 0.271 e. The molecule has 2 N–H and O–H groups in total. The van der Waals surface area contributed by atoms with E-state index in [9.17, 15) is 4.79 Å². The molecule has 0 aliphatic carbocycles. The molecule has 0 radical (unpaired) electrons. The van der Waals surface area contributed by atoms with Crippen LogP contribution in [0.5, 0.6) is 0 Å². The first-order valence-electron chi connectivity index (χ1n) is 5.51. The molecule has 1 aliphatic rings. The van der Waals surface area contributed by atoms with Crippen LogP contribution in [0.15, 0.2) is 36.2 Å². The summed E-state index contributed by atoms with van der Waals surface area (Å²) < 4.78 is 15.7. The van der Waals surface area contributed by atoms with Gasteiger partial charge in [0, 0.05) is 20.3 Å². The predicted molar refractivity (Wildman–Crippen MR) is 60.5 cm³/mol. The van der Waals surface area contributed by atoms with Crippen molar-refractivity contribution in [1.82, 2.24) is 4.90 Å². The van der Waals surface area contributed by atoms with E-state index < -0.39 is 0 Å². The number of carbonyl (C=O) groups excluding carboxylic acids is 1. The number of amides is 1. The molecule has 4 heteroatoms. The molecule has 0 atom stereocenters. The van der Waals surface area contributed by atoms with E-state index in [0.717, 1.165) is 10.6 Å². The lowest BCUT2D eigenvalue weighted by Gasteiger charge is -2.21. The van der Waals surface area contributed by atoms with Gasteiger partial charge in [-0.05, 0) is 12.1 Å². The van der Waals surface area contributed by atoms with Crippen LogP contribution in [0.2, 0.25) is 2.82 Å². The van der Waals surface area contributed by atoms with E-state index in [-0.39, 0.29) is 11.6 Å². The van der Waals surface area contributed by atoms with Crippen molar-refractivity contribution in [3.8, 4) is 0 Å². The number of para-hydroxylation sites is 2. The molecule has 78 valence electrons. The molecule has 1 heterocycles. The Morgan fingerprint density at radius 2 is 2.00 bits per heavy atom. The summed E-state index contributed by atoms with van der Waals surface area (Å²) in [6.07, 6.45) is 1.34. The van der Waals surface area contributed by atoms with Crippen LogP contribution in [0.4, 0.5) is 11.4 Å². The average Bonchev–Trinajstić information content (AvgIpc) is 2.33. The number of nitrogens with zero attached hydrogens (tertiary/aromatic N) is 1. The Balaban J connectivity index is 2.45. The van der Waals surface area contributed by atoms with Gasteiger partial charge in [-0.25, -0.2) is 0 Å². The third kappa shape index (κ3) is 1.79. The average molecular weight is 205 g/mol. The number of hydrogen-bond acceptors (Lipinski definition) is 3. The highest BCUT2D eigenvalue weighted by atomic mass is 16.2. The number of likely N-dealkylation sites (N-methyl/N-ethyl adjacent to an activating group) is 1. The quantitative estimate of drug-likeness (QED) is 0.729. The molecule has 1 aromatic carbocycles. The summed E-state index contributed by atoms with van der Waals surface area (Å²) in [5, 5.41) is 2.17. The van der Waals surface area contributed by atoms with Crippen LogP contribution in [0, 0.1) is 0 Å². The monoisotopic (exact) mass is 205 g/mol. The summed E-state index contributed by atoms with van der Waals surface area (Å²) in [7, 11) is 3.23. The van der Waals surface area contributed by atoms with E-state index in [2.05, 4.69) is 0 Å². The number of hydrogen-bond donors (Lipinski definition) is 2. The van der Waals surface area contributed by atoms with Gasteiger partial charge in [0.2, 0.25) is 0 Å². The summed E-state index contributed by atoms with van der Waals surface area (Å²) in [4.78, 5) is 13.2. The lowest BCUT2D eigenvalue weighted by molar-refractivity contribution is -0.124. The van der Waals surface area contributed by atoms with Gasteiger partial charge in [-0.3, -0.25) is 4.79 Å². The molecule has 0 saturated heterocycles. The molecule has 0 saturated carbocycles. The second-order valence-electron chi connectivity index (χ2n) is 3.44. The van der Waals surface area contributed by atoms with Gasteiger partial charge >= 0.3 is 0 Å². The fraction of sp³-hybridized carbons (Fsp3) is 0.182. The maximum atomic E-state index is 11.8. The zero-order chi connectivity index (χ0) is 12.6. The van der Waals surface area contributed by atoms with Crippen molar-refractivity contribution < 1.29 is 7.62 Å². The number of nitrogens with one attached hydrogen (secondary N) is 2. The minimum Gasteiger partial charge on any atom is -0.358 e. The van der Waals surface area contributed by atoms with Crippen molar-refractivity contribution in [2.45, 2.75) is 0 Å². The molecule has 0 spiro atoms. The maximum absolute atomic E-state index is 11.8. The molecule has 0 fully saturated rings. The Bertz CT molecular complexity index is 487. The standard InChI is InChI=1S/C11H13N3O/c1-14(2)11(15)10-7-12-8-5-3-4-6-9(8)13-10/h3-7,12-13H,1-2H3/i/hD2. The highest BCUT2D eigenvalue weighted by Crippen LogP contribution is 2.26. The van der Waals surface area contributed by atoms with E-state index in [4.69, 9.17) is 2.82 Å². The second kappa shape index (κ2) is 3.65. The minimum absolute atomic E-state index is 0.156. The summed E-state index contributed by atoms with van der Waals surface area (Å²) in [6.45, 7) is 0. The lowest BCUT2D eigenvalue weighted by atomic mass is 10.2. The highest BCUT2D eigenvalue weighted by molar-refractivity contribution is 5.98. The zero-order valence-electron chi connectivity index (χ0n) is 10.6. The Kier molecular flexibility index (Phi) is 1.78. The fourth-order valence-electron chi connectivity index (χ4n) is 1.29. The number of carbonyl (C=O) groups is 1. The maximum Gasteiger partial charge on any atom is 0.271 e. The van der Waals surface area contributed by atoms with Gasteiger partial charge in [0.15, 0.2) is 2.82 Å². The first kappa shape index (κ1) is 7.34. The van der Waals surface area contributed by atoms with E-state index in [1.165, 1.54) is 11.1 Å². The number of rotatable bonds is 1. The van der Waals surface area contributed by atoms with Crippen LogP contribution in [-0.2, 0) is 4.79 Å². The van der Waals surface area contributed by atoms with E-state index >= 15 is 0 Å². The van der Waals surface area contributed by atoms with Crippen molar-refractivity contribution in [2.75, 3.05) is 24.7 Å². The first-order valence-corrected chi connectivity index (χ1v) is 4.62. The van der Waals surface area contributed by atoms with Gasteiger partial charge in [0.1, 0.15) is 5.70 Å². The van der Waals surface area contributed by atoms with Crippen LogP contribution in [0.25, 0.3) is 0 Å². The third-order valence-corrected chi connectivity index (χ3v) is 2.07. The predicted octanol–water partition coefficient (Wildman–Crippen LogP) is 1.45. The molecular formula is C11H13N3O. The van der Waals surface area contributed by atoms with E-state index in [0.29, 0.717) is 11.4 Å². The van der Waals surface area contributed by atoms with Crippen LogP contribution in [0.1, 0.15) is 0 Å². The normalized spacial score (nSPS) is 16.3. The summed E-state index contributed by atoms with van der Waals surface area (Å²) >= 11 is 0.